The predicted molar refractivity (Wildman–Crippen MR) is 112 cm³/mol. The number of hydrogen-bond donors (Lipinski definition) is 0. The Balaban J connectivity index is 2.07. The highest BCUT2D eigenvalue weighted by atomic mass is 16.2. The fourth-order valence-electron chi connectivity index (χ4n) is 3.70. The van der Waals surface area contributed by atoms with Crippen LogP contribution in [0.2, 0.25) is 0 Å². The highest BCUT2D eigenvalue weighted by molar-refractivity contribution is 6.09. The Bertz CT molecular complexity index is 1020. The van der Waals surface area contributed by atoms with Crippen molar-refractivity contribution < 1.29 is 9.59 Å². The summed E-state index contributed by atoms with van der Waals surface area (Å²) in [4.78, 5) is 29.8. The van der Waals surface area contributed by atoms with Gasteiger partial charge in [0.15, 0.2) is 0 Å². The molecule has 2 aromatic rings. The van der Waals surface area contributed by atoms with Crippen LogP contribution in [0, 0.1) is 11.3 Å². The smallest absolute Gasteiger partial charge is 0.271 e. The zero-order valence-corrected chi connectivity index (χ0v) is 16.6. The molecule has 1 aliphatic rings. The third kappa shape index (κ3) is 3.70. The van der Waals surface area contributed by atoms with E-state index >= 15 is 0 Å². The minimum Gasteiger partial charge on any atom is -0.319 e. The number of rotatable bonds is 5. The summed E-state index contributed by atoms with van der Waals surface area (Å²) in [6, 6.07) is 18.8. The Labute approximate surface area is 171 Å². The van der Waals surface area contributed by atoms with E-state index in [0.717, 1.165) is 5.56 Å². The van der Waals surface area contributed by atoms with Crippen LogP contribution in [0.1, 0.15) is 23.6 Å². The predicted octanol–water partition coefficient (Wildman–Crippen LogP) is 3.39. The monoisotopic (exact) mass is 385 g/mol. The SMILES string of the molecule is C=CCN1C(=O)C(=Cc2ccccc2C#N)N(C)C(=O)C1(C)Cc1ccccc1. The number of carbonyl (C=O) groups is 2. The summed E-state index contributed by atoms with van der Waals surface area (Å²) in [5.74, 6) is -0.443. The average Bonchev–Trinajstić information content (AvgIpc) is 2.74. The molecule has 1 aliphatic heterocycles. The first-order valence-electron chi connectivity index (χ1n) is 9.38. The molecule has 2 amide bonds. The summed E-state index contributed by atoms with van der Waals surface area (Å²) in [7, 11) is 1.61. The van der Waals surface area contributed by atoms with Gasteiger partial charge in [0, 0.05) is 20.0 Å². The van der Waals surface area contributed by atoms with Gasteiger partial charge in [0.25, 0.3) is 11.8 Å². The molecular weight excluding hydrogens is 362 g/mol. The topological polar surface area (TPSA) is 64.4 Å². The van der Waals surface area contributed by atoms with Gasteiger partial charge in [-0.1, -0.05) is 54.6 Å². The van der Waals surface area contributed by atoms with Crippen molar-refractivity contribution in [1.29, 1.82) is 5.26 Å². The van der Waals surface area contributed by atoms with Crippen molar-refractivity contribution in [3.63, 3.8) is 0 Å². The van der Waals surface area contributed by atoms with Crippen LogP contribution in [-0.2, 0) is 16.0 Å². The normalized spacial score (nSPS) is 20.7. The van der Waals surface area contributed by atoms with Crippen LogP contribution in [0.25, 0.3) is 6.08 Å². The third-order valence-electron chi connectivity index (χ3n) is 5.26. The largest absolute Gasteiger partial charge is 0.319 e. The molecule has 3 rings (SSSR count). The molecule has 1 atom stereocenters. The summed E-state index contributed by atoms with van der Waals surface area (Å²) < 4.78 is 0. The molecule has 0 spiro atoms. The molecule has 0 radical (unpaired) electrons. The van der Waals surface area contributed by atoms with Crippen molar-refractivity contribution in [1.82, 2.24) is 9.80 Å². The Morgan fingerprint density at radius 1 is 1.10 bits per heavy atom. The summed E-state index contributed by atoms with van der Waals surface area (Å²) in [5.41, 5.74) is 1.23. The number of likely N-dealkylation sites (N-methyl/N-ethyl adjacent to an activating group) is 1. The number of nitriles is 1. The quantitative estimate of drug-likeness (QED) is 0.585. The van der Waals surface area contributed by atoms with Gasteiger partial charge in [-0.05, 0) is 30.2 Å². The van der Waals surface area contributed by atoms with Crippen LogP contribution in [0.15, 0.2) is 72.9 Å². The van der Waals surface area contributed by atoms with E-state index in [1.54, 1.807) is 55.3 Å². The van der Waals surface area contributed by atoms with Crippen LogP contribution in [0.3, 0.4) is 0 Å². The first-order valence-corrected chi connectivity index (χ1v) is 9.38. The van der Waals surface area contributed by atoms with E-state index in [-0.39, 0.29) is 24.1 Å². The van der Waals surface area contributed by atoms with E-state index in [0.29, 0.717) is 17.5 Å². The molecule has 0 aromatic heterocycles. The molecule has 1 heterocycles. The molecule has 5 nitrogen and oxygen atoms in total. The lowest BCUT2D eigenvalue weighted by molar-refractivity contribution is -0.156. The van der Waals surface area contributed by atoms with Crippen LogP contribution >= 0.6 is 0 Å². The summed E-state index contributed by atoms with van der Waals surface area (Å²) in [5, 5.41) is 9.35. The van der Waals surface area contributed by atoms with Crippen LogP contribution in [-0.4, -0.2) is 40.7 Å². The number of piperazine rings is 1. The van der Waals surface area contributed by atoms with E-state index in [1.807, 2.05) is 30.3 Å². The molecule has 0 bridgehead atoms. The number of benzene rings is 2. The Hall–Kier alpha value is -3.65. The molecule has 29 heavy (non-hydrogen) atoms. The van der Waals surface area contributed by atoms with E-state index in [9.17, 15) is 14.9 Å². The second kappa shape index (κ2) is 8.15. The second-order valence-corrected chi connectivity index (χ2v) is 7.23. The van der Waals surface area contributed by atoms with Crippen LogP contribution in [0.5, 0.6) is 0 Å². The Morgan fingerprint density at radius 2 is 1.76 bits per heavy atom. The summed E-state index contributed by atoms with van der Waals surface area (Å²) in [6.45, 7) is 5.80. The van der Waals surface area contributed by atoms with Crippen molar-refractivity contribution in [2.75, 3.05) is 13.6 Å². The molecule has 0 N–H and O–H groups in total. The van der Waals surface area contributed by atoms with Crippen molar-refractivity contribution in [3.8, 4) is 6.07 Å². The molecule has 0 saturated carbocycles. The lowest BCUT2D eigenvalue weighted by Gasteiger charge is -2.47. The number of nitrogens with zero attached hydrogens (tertiary/aromatic N) is 3. The lowest BCUT2D eigenvalue weighted by atomic mass is 9.86. The molecular formula is C24H23N3O2. The molecule has 2 aromatic carbocycles. The highest BCUT2D eigenvalue weighted by Crippen LogP contribution is 2.32. The fraction of sp³-hybridized carbons (Fsp3) is 0.208. The molecule has 1 saturated heterocycles. The van der Waals surface area contributed by atoms with E-state index < -0.39 is 5.54 Å². The average molecular weight is 385 g/mol. The van der Waals surface area contributed by atoms with Crippen LogP contribution in [0.4, 0.5) is 0 Å². The number of carbonyl (C=O) groups excluding carboxylic acids is 2. The fourth-order valence-corrected chi connectivity index (χ4v) is 3.70. The minimum atomic E-state index is -1.03. The van der Waals surface area contributed by atoms with Gasteiger partial charge in [-0.25, -0.2) is 0 Å². The van der Waals surface area contributed by atoms with Gasteiger partial charge in [0.2, 0.25) is 0 Å². The Morgan fingerprint density at radius 3 is 2.41 bits per heavy atom. The van der Waals surface area contributed by atoms with Crippen molar-refractivity contribution in [2.45, 2.75) is 18.9 Å². The summed E-state index contributed by atoms with van der Waals surface area (Å²) in [6.07, 6.45) is 3.64. The van der Waals surface area contributed by atoms with Gasteiger partial charge in [0.05, 0.1) is 11.6 Å². The van der Waals surface area contributed by atoms with Crippen LogP contribution < -0.4 is 0 Å². The first-order chi connectivity index (χ1) is 13.9. The maximum Gasteiger partial charge on any atom is 0.271 e. The van der Waals surface area contributed by atoms with Gasteiger partial charge in [0.1, 0.15) is 11.2 Å². The second-order valence-electron chi connectivity index (χ2n) is 7.23. The molecule has 0 aliphatic carbocycles. The number of hydrogen-bond acceptors (Lipinski definition) is 3. The maximum absolute atomic E-state index is 13.4. The molecule has 1 unspecified atom stereocenters. The van der Waals surface area contributed by atoms with E-state index in [4.69, 9.17) is 0 Å². The van der Waals surface area contributed by atoms with Crippen molar-refractivity contribution in [2.24, 2.45) is 0 Å². The van der Waals surface area contributed by atoms with Gasteiger partial charge in [-0.15, -0.1) is 6.58 Å². The zero-order chi connectivity index (χ0) is 21.0. The van der Waals surface area contributed by atoms with Gasteiger partial charge in [-0.3, -0.25) is 9.59 Å². The first kappa shape index (κ1) is 20.1. The third-order valence-corrected chi connectivity index (χ3v) is 5.26. The summed E-state index contributed by atoms with van der Waals surface area (Å²) >= 11 is 0. The molecule has 1 fully saturated rings. The molecule has 146 valence electrons. The van der Waals surface area contributed by atoms with Gasteiger partial charge in [-0.2, -0.15) is 5.26 Å². The minimum absolute atomic E-state index is 0.177. The zero-order valence-electron chi connectivity index (χ0n) is 16.6. The molecule has 5 heteroatoms. The van der Waals surface area contributed by atoms with E-state index in [1.165, 1.54) is 4.90 Å². The standard InChI is InChI=1S/C24H23N3O2/c1-4-14-27-22(28)21(15-19-12-8-9-13-20(19)17-25)26(3)23(29)24(27,2)16-18-10-6-5-7-11-18/h4-13,15H,1,14,16H2,2-3H3. The maximum atomic E-state index is 13.4. The Kier molecular flexibility index (Phi) is 5.65. The lowest BCUT2D eigenvalue weighted by Crippen LogP contribution is -2.65. The van der Waals surface area contributed by atoms with E-state index in [2.05, 4.69) is 12.6 Å². The number of amides is 2. The van der Waals surface area contributed by atoms with Crippen molar-refractivity contribution in [3.05, 3.63) is 89.6 Å². The highest BCUT2D eigenvalue weighted by Gasteiger charge is 2.49. The van der Waals surface area contributed by atoms with Gasteiger partial charge < -0.3 is 9.80 Å². The van der Waals surface area contributed by atoms with Gasteiger partial charge >= 0.3 is 0 Å². The van der Waals surface area contributed by atoms with Crippen molar-refractivity contribution >= 4 is 17.9 Å².